The lowest BCUT2D eigenvalue weighted by Crippen LogP contribution is -2.23. The quantitative estimate of drug-likeness (QED) is 0.555. The first-order valence-corrected chi connectivity index (χ1v) is 10.4. The van der Waals surface area contributed by atoms with Crippen LogP contribution in [-0.2, 0) is 4.79 Å². The van der Waals surface area contributed by atoms with E-state index in [1.54, 1.807) is 18.2 Å². The highest BCUT2D eigenvalue weighted by molar-refractivity contribution is 7.15. The van der Waals surface area contributed by atoms with Gasteiger partial charge < -0.3 is 24.6 Å². The lowest BCUT2D eigenvalue weighted by molar-refractivity contribution is -0.116. The molecule has 9 heteroatoms. The third kappa shape index (κ3) is 3.64. The molecule has 2 N–H and O–H groups in total. The van der Waals surface area contributed by atoms with E-state index in [-0.39, 0.29) is 22.8 Å². The molecule has 0 saturated carbocycles. The molecule has 1 aliphatic heterocycles. The van der Waals surface area contributed by atoms with Crippen molar-refractivity contribution in [1.29, 1.82) is 0 Å². The van der Waals surface area contributed by atoms with Gasteiger partial charge in [0.2, 0.25) is 5.91 Å². The van der Waals surface area contributed by atoms with Crippen LogP contribution < -0.4 is 19.5 Å². The van der Waals surface area contributed by atoms with Crippen molar-refractivity contribution in [1.82, 2.24) is 0 Å². The molecule has 2 aromatic carbocycles. The number of aromatic carboxylic acids is 1. The number of anilines is 1. The summed E-state index contributed by atoms with van der Waals surface area (Å²) >= 11 is 1.05. The van der Waals surface area contributed by atoms with E-state index in [2.05, 4.69) is 5.32 Å². The van der Waals surface area contributed by atoms with Crippen molar-refractivity contribution in [2.45, 2.75) is 12.3 Å². The second kappa shape index (κ2) is 8.51. The number of rotatable bonds is 6. The Morgan fingerprint density at radius 3 is 2.41 bits per heavy atom. The Morgan fingerprint density at radius 2 is 1.78 bits per heavy atom. The van der Waals surface area contributed by atoms with Gasteiger partial charge >= 0.3 is 5.97 Å². The van der Waals surface area contributed by atoms with E-state index < -0.39 is 17.7 Å². The lowest BCUT2D eigenvalue weighted by atomic mass is 9.87. The van der Waals surface area contributed by atoms with Crippen LogP contribution in [0.4, 0.5) is 10.1 Å². The predicted molar refractivity (Wildman–Crippen MR) is 118 cm³/mol. The van der Waals surface area contributed by atoms with Gasteiger partial charge in [-0.1, -0.05) is 12.1 Å². The summed E-state index contributed by atoms with van der Waals surface area (Å²) in [7, 11) is 4.51. The van der Waals surface area contributed by atoms with E-state index in [0.717, 1.165) is 11.3 Å². The van der Waals surface area contributed by atoms with Crippen LogP contribution in [-0.4, -0.2) is 38.3 Å². The zero-order valence-electron chi connectivity index (χ0n) is 17.5. The molecule has 1 aromatic heterocycles. The average molecular weight is 457 g/mol. The molecular weight excluding hydrogens is 437 g/mol. The van der Waals surface area contributed by atoms with Crippen molar-refractivity contribution in [2.24, 2.45) is 0 Å². The minimum absolute atomic E-state index is 0.0206. The number of amides is 1. The highest BCUT2D eigenvalue weighted by atomic mass is 32.1. The topological polar surface area (TPSA) is 94.1 Å². The molecule has 0 spiro atoms. The van der Waals surface area contributed by atoms with Gasteiger partial charge in [-0.2, -0.15) is 0 Å². The van der Waals surface area contributed by atoms with E-state index in [1.165, 1.54) is 39.5 Å². The fourth-order valence-corrected chi connectivity index (χ4v) is 5.17. The first-order chi connectivity index (χ1) is 15.4. The summed E-state index contributed by atoms with van der Waals surface area (Å²) in [4.78, 5) is 25.4. The van der Waals surface area contributed by atoms with Crippen molar-refractivity contribution < 1.29 is 33.3 Å². The van der Waals surface area contributed by atoms with Gasteiger partial charge in [0.05, 0.1) is 27.0 Å². The number of thiophene rings is 1. The van der Waals surface area contributed by atoms with Gasteiger partial charge in [-0.25, -0.2) is 9.18 Å². The summed E-state index contributed by atoms with van der Waals surface area (Å²) in [6.07, 6.45) is 0.0843. The Labute approximate surface area is 187 Å². The van der Waals surface area contributed by atoms with Gasteiger partial charge in [0, 0.05) is 34.4 Å². The molecule has 3 aromatic rings. The van der Waals surface area contributed by atoms with Crippen LogP contribution in [0, 0.1) is 5.82 Å². The number of halogens is 1. The highest BCUT2D eigenvalue weighted by Crippen LogP contribution is 2.52. The average Bonchev–Trinajstić information content (AvgIpc) is 3.17. The molecular formula is C23H20FNO6S. The second-order valence-corrected chi connectivity index (χ2v) is 8.17. The highest BCUT2D eigenvalue weighted by Gasteiger charge is 2.36. The van der Waals surface area contributed by atoms with Crippen molar-refractivity contribution >= 4 is 28.9 Å². The Morgan fingerprint density at radius 1 is 1.09 bits per heavy atom. The van der Waals surface area contributed by atoms with Crippen LogP contribution in [0.25, 0.3) is 11.1 Å². The van der Waals surface area contributed by atoms with Gasteiger partial charge in [-0.3, -0.25) is 4.79 Å². The summed E-state index contributed by atoms with van der Waals surface area (Å²) < 4.78 is 30.2. The number of ether oxygens (including phenoxy) is 3. The lowest BCUT2D eigenvalue weighted by Gasteiger charge is -2.26. The first-order valence-electron chi connectivity index (χ1n) is 9.63. The number of carboxylic acid groups (broad SMARTS) is 1. The van der Waals surface area contributed by atoms with Crippen molar-refractivity contribution in [2.75, 3.05) is 26.6 Å². The smallest absolute Gasteiger partial charge is 0.346 e. The minimum Gasteiger partial charge on any atom is -0.496 e. The molecule has 32 heavy (non-hydrogen) atoms. The Balaban J connectivity index is 1.97. The fraction of sp³-hybridized carbons (Fsp3) is 0.217. The number of carbonyl (C=O) groups excluding carboxylic acids is 1. The molecule has 0 fully saturated rings. The second-order valence-electron chi connectivity index (χ2n) is 7.11. The molecule has 0 bridgehead atoms. The number of hydrogen-bond acceptors (Lipinski definition) is 6. The standard InChI is InChI=1S/C23H20FNO6S/c1-29-15-10-17(31-3)16(30-2)8-13(15)14-9-18(26)25-20-19(11-5-4-6-12(24)7-11)22(23(27)28)32-21(14)20/h4-8,10,14H,9H2,1-3H3,(H,25,26)(H,27,28)/t14-/m1/s1. The van der Waals surface area contributed by atoms with Crippen LogP contribution >= 0.6 is 11.3 Å². The number of nitrogens with one attached hydrogen (secondary N) is 1. The molecule has 0 unspecified atom stereocenters. The van der Waals surface area contributed by atoms with E-state index in [0.29, 0.717) is 38.9 Å². The van der Waals surface area contributed by atoms with Crippen LogP contribution in [0.2, 0.25) is 0 Å². The van der Waals surface area contributed by atoms with E-state index in [1.807, 2.05) is 0 Å². The number of methoxy groups -OCH3 is 3. The maximum atomic E-state index is 13.9. The van der Waals surface area contributed by atoms with Crippen LogP contribution in [0.1, 0.15) is 32.5 Å². The molecule has 166 valence electrons. The monoisotopic (exact) mass is 457 g/mol. The molecule has 1 aliphatic rings. The van der Waals surface area contributed by atoms with Crippen LogP contribution in [0.3, 0.4) is 0 Å². The van der Waals surface area contributed by atoms with Crippen LogP contribution in [0.5, 0.6) is 17.2 Å². The number of hydrogen-bond donors (Lipinski definition) is 2. The first kappa shape index (κ1) is 21.6. The Hall–Kier alpha value is -3.59. The largest absolute Gasteiger partial charge is 0.496 e. The summed E-state index contributed by atoms with van der Waals surface area (Å²) in [5, 5.41) is 12.7. The zero-order chi connectivity index (χ0) is 23.0. The van der Waals surface area contributed by atoms with Gasteiger partial charge in [0.15, 0.2) is 11.5 Å². The molecule has 1 amide bonds. The normalized spacial score (nSPS) is 15.0. The molecule has 7 nitrogen and oxygen atoms in total. The van der Waals surface area contributed by atoms with Gasteiger partial charge in [0.1, 0.15) is 16.4 Å². The van der Waals surface area contributed by atoms with Gasteiger partial charge in [-0.05, 0) is 23.8 Å². The van der Waals surface area contributed by atoms with Crippen molar-refractivity contribution in [3.8, 4) is 28.4 Å². The fourth-order valence-electron chi connectivity index (χ4n) is 3.93. The maximum absolute atomic E-state index is 13.9. The number of fused-ring (bicyclic) bond motifs is 1. The zero-order valence-corrected chi connectivity index (χ0v) is 18.3. The molecule has 1 atom stereocenters. The third-order valence-corrected chi connectivity index (χ3v) is 6.62. The molecule has 0 aliphatic carbocycles. The summed E-state index contributed by atoms with van der Waals surface area (Å²) in [5.74, 6) is -1.03. The van der Waals surface area contributed by atoms with Gasteiger partial charge in [0.25, 0.3) is 0 Å². The number of carbonyl (C=O) groups is 2. The summed E-state index contributed by atoms with van der Waals surface area (Å²) in [5.41, 5.74) is 1.69. The molecule has 0 radical (unpaired) electrons. The maximum Gasteiger partial charge on any atom is 0.346 e. The van der Waals surface area contributed by atoms with E-state index in [9.17, 15) is 19.1 Å². The number of carboxylic acids is 1. The van der Waals surface area contributed by atoms with Gasteiger partial charge in [-0.15, -0.1) is 11.3 Å². The van der Waals surface area contributed by atoms with E-state index >= 15 is 0 Å². The Kier molecular flexibility index (Phi) is 5.75. The predicted octanol–water partition coefficient (Wildman–Crippen LogP) is 4.75. The van der Waals surface area contributed by atoms with Crippen molar-refractivity contribution in [3.05, 3.63) is 57.5 Å². The third-order valence-electron chi connectivity index (χ3n) is 5.32. The van der Waals surface area contributed by atoms with Crippen molar-refractivity contribution in [3.63, 3.8) is 0 Å². The number of benzene rings is 2. The molecule has 0 saturated heterocycles. The summed E-state index contributed by atoms with van der Waals surface area (Å²) in [6.45, 7) is 0. The van der Waals surface area contributed by atoms with Crippen LogP contribution in [0.15, 0.2) is 36.4 Å². The molecule has 2 heterocycles. The Bertz CT molecular complexity index is 1220. The minimum atomic E-state index is -1.16. The SMILES string of the molecule is COc1cc(OC)c([C@H]2CC(=O)Nc3c2sc(C(=O)O)c3-c2cccc(F)c2)cc1OC. The molecule has 4 rings (SSSR count). The van der Waals surface area contributed by atoms with E-state index in [4.69, 9.17) is 14.2 Å². The summed E-state index contributed by atoms with van der Waals surface area (Å²) in [6, 6.07) is 9.04.